The summed E-state index contributed by atoms with van der Waals surface area (Å²) >= 11 is 0. The number of carbonyl (C=O) groups is 2. The van der Waals surface area contributed by atoms with Crippen LogP contribution in [0, 0.1) is 5.92 Å². The van der Waals surface area contributed by atoms with E-state index in [1.54, 1.807) is 14.0 Å². The lowest BCUT2D eigenvalue weighted by atomic mass is 10.1. The normalized spacial score (nSPS) is 11.9. The fraction of sp³-hybridized carbons (Fsp3) is 0.636. The monoisotopic (exact) mass is 269 g/mol. The third kappa shape index (κ3) is 5.36. The van der Waals surface area contributed by atoms with Crippen LogP contribution in [0.2, 0.25) is 0 Å². The molecule has 3 N–H and O–H groups in total. The number of amides is 2. The van der Waals surface area contributed by atoms with Crippen LogP contribution in [-0.2, 0) is 11.3 Å². The molecule has 8 heteroatoms. The van der Waals surface area contributed by atoms with Gasteiger partial charge in [-0.3, -0.25) is 9.89 Å². The number of hydrogen-bond acceptors (Lipinski definition) is 4. The van der Waals surface area contributed by atoms with Gasteiger partial charge in [-0.15, -0.1) is 0 Å². The maximum absolute atomic E-state index is 11.7. The molecule has 19 heavy (non-hydrogen) atoms. The Morgan fingerprint density at radius 2 is 2.32 bits per heavy atom. The van der Waals surface area contributed by atoms with Gasteiger partial charge in [-0.25, -0.2) is 9.78 Å². The highest BCUT2D eigenvalue weighted by Gasteiger charge is 2.12. The van der Waals surface area contributed by atoms with Crippen LogP contribution in [-0.4, -0.2) is 50.8 Å². The van der Waals surface area contributed by atoms with Crippen LogP contribution < -0.4 is 5.32 Å². The summed E-state index contributed by atoms with van der Waals surface area (Å²) in [6.07, 6.45) is 2.56. The Morgan fingerprint density at radius 3 is 2.89 bits per heavy atom. The number of hydrogen-bond donors (Lipinski definition) is 3. The maximum atomic E-state index is 11.7. The topological polar surface area (TPSA) is 111 Å². The molecule has 0 aromatic carbocycles. The first-order chi connectivity index (χ1) is 9.00. The molecule has 0 aliphatic heterocycles. The number of carboxylic acids is 1. The van der Waals surface area contributed by atoms with Crippen LogP contribution in [0.5, 0.6) is 0 Å². The van der Waals surface area contributed by atoms with Gasteiger partial charge in [-0.2, -0.15) is 5.10 Å². The van der Waals surface area contributed by atoms with Crippen LogP contribution in [0.1, 0.15) is 25.6 Å². The highest BCUT2D eigenvalue weighted by atomic mass is 16.4. The lowest BCUT2D eigenvalue weighted by Gasteiger charge is -2.16. The van der Waals surface area contributed by atoms with Gasteiger partial charge in [0.15, 0.2) is 0 Å². The molecule has 1 rings (SSSR count). The summed E-state index contributed by atoms with van der Waals surface area (Å²) < 4.78 is 0. The van der Waals surface area contributed by atoms with E-state index in [0.717, 1.165) is 0 Å². The Bertz CT molecular complexity index is 406. The van der Waals surface area contributed by atoms with Crippen molar-refractivity contribution in [3.8, 4) is 0 Å². The standard InChI is InChI=1S/C11H19N5O3/c1-8(10(17)18)4-3-5-12-11(19)16(2)6-9-13-7-14-15-9/h7-8H,3-6H2,1-2H3,(H,12,19)(H,17,18)(H,13,14,15). The minimum absolute atomic E-state index is 0.223. The van der Waals surface area contributed by atoms with Gasteiger partial charge in [0.2, 0.25) is 0 Å². The Hall–Kier alpha value is -2.12. The van der Waals surface area contributed by atoms with E-state index in [4.69, 9.17) is 5.11 Å². The fourth-order valence-electron chi connectivity index (χ4n) is 1.47. The van der Waals surface area contributed by atoms with E-state index in [1.807, 2.05) is 0 Å². The van der Waals surface area contributed by atoms with Gasteiger partial charge in [0.1, 0.15) is 12.2 Å². The minimum Gasteiger partial charge on any atom is -0.481 e. The summed E-state index contributed by atoms with van der Waals surface area (Å²) in [4.78, 5) is 27.7. The summed E-state index contributed by atoms with van der Waals surface area (Å²) in [5, 5.41) is 17.8. The van der Waals surface area contributed by atoms with Crippen molar-refractivity contribution >= 4 is 12.0 Å². The molecular weight excluding hydrogens is 250 g/mol. The predicted octanol–water partition coefficient (Wildman–Crippen LogP) is 0.447. The van der Waals surface area contributed by atoms with E-state index in [-0.39, 0.29) is 11.9 Å². The summed E-state index contributed by atoms with van der Waals surface area (Å²) in [7, 11) is 1.65. The van der Waals surface area contributed by atoms with Crippen molar-refractivity contribution in [2.24, 2.45) is 5.92 Å². The van der Waals surface area contributed by atoms with E-state index >= 15 is 0 Å². The van der Waals surface area contributed by atoms with Crippen molar-refractivity contribution in [1.82, 2.24) is 25.4 Å². The zero-order valence-electron chi connectivity index (χ0n) is 11.1. The van der Waals surface area contributed by atoms with E-state index in [0.29, 0.717) is 31.8 Å². The molecule has 106 valence electrons. The first kappa shape index (κ1) is 14.9. The van der Waals surface area contributed by atoms with Crippen molar-refractivity contribution in [3.63, 3.8) is 0 Å². The predicted molar refractivity (Wildman–Crippen MR) is 67.3 cm³/mol. The third-order valence-corrected chi connectivity index (χ3v) is 2.71. The Morgan fingerprint density at radius 1 is 1.58 bits per heavy atom. The molecule has 8 nitrogen and oxygen atoms in total. The van der Waals surface area contributed by atoms with Gasteiger partial charge in [-0.1, -0.05) is 6.92 Å². The van der Waals surface area contributed by atoms with Crippen LogP contribution in [0.4, 0.5) is 4.79 Å². The highest BCUT2D eigenvalue weighted by molar-refractivity contribution is 5.73. The third-order valence-electron chi connectivity index (χ3n) is 2.71. The molecule has 2 amide bonds. The van der Waals surface area contributed by atoms with Crippen LogP contribution in [0.3, 0.4) is 0 Å². The molecular formula is C11H19N5O3. The van der Waals surface area contributed by atoms with Crippen molar-refractivity contribution < 1.29 is 14.7 Å². The number of aromatic nitrogens is 3. The van der Waals surface area contributed by atoms with Crippen LogP contribution in [0.25, 0.3) is 0 Å². The number of carbonyl (C=O) groups excluding carboxylic acids is 1. The number of H-pyrrole nitrogens is 1. The Kier molecular flexibility index (Phi) is 5.77. The van der Waals surface area contributed by atoms with Crippen molar-refractivity contribution in [2.45, 2.75) is 26.3 Å². The molecule has 1 heterocycles. The average molecular weight is 269 g/mol. The second-order valence-electron chi connectivity index (χ2n) is 4.40. The van der Waals surface area contributed by atoms with E-state index in [9.17, 15) is 9.59 Å². The van der Waals surface area contributed by atoms with Gasteiger partial charge in [0.05, 0.1) is 12.5 Å². The molecule has 0 fully saturated rings. The fourth-order valence-corrected chi connectivity index (χ4v) is 1.47. The average Bonchev–Trinajstić information content (AvgIpc) is 2.86. The van der Waals surface area contributed by atoms with Crippen LogP contribution in [0.15, 0.2) is 6.33 Å². The molecule has 1 atom stereocenters. The Balaban J connectivity index is 2.18. The van der Waals surface area contributed by atoms with Gasteiger partial charge >= 0.3 is 12.0 Å². The van der Waals surface area contributed by atoms with Gasteiger partial charge < -0.3 is 15.3 Å². The summed E-state index contributed by atoms with van der Waals surface area (Å²) in [5.41, 5.74) is 0. The SMILES string of the molecule is CC(CCCNC(=O)N(C)Cc1ncn[nH]1)C(=O)O. The molecule has 0 radical (unpaired) electrons. The van der Waals surface area contributed by atoms with Crippen molar-refractivity contribution in [3.05, 3.63) is 12.2 Å². The molecule has 0 aliphatic rings. The maximum Gasteiger partial charge on any atom is 0.317 e. The Labute approximate surface area is 111 Å². The van der Waals surface area contributed by atoms with Crippen molar-refractivity contribution in [2.75, 3.05) is 13.6 Å². The second kappa shape index (κ2) is 7.34. The largest absolute Gasteiger partial charge is 0.481 e. The molecule has 0 saturated heterocycles. The smallest absolute Gasteiger partial charge is 0.317 e. The summed E-state index contributed by atoms with van der Waals surface area (Å²) in [6, 6.07) is -0.223. The number of carboxylic acid groups (broad SMARTS) is 1. The number of aromatic amines is 1. The molecule has 0 spiro atoms. The van der Waals surface area contributed by atoms with Crippen LogP contribution >= 0.6 is 0 Å². The lowest BCUT2D eigenvalue weighted by molar-refractivity contribution is -0.141. The molecule has 0 saturated carbocycles. The number of aliphatic carboxylic acids is 1. The van der Waals surface area contributed by atoms with Crippen molar-refractivity contribution in [1.29, 1.82) is 0 Å². The van der Waals surface area contributed by atoms with E-state index < -0.39 is 5.97 Å². The van der Waals surface area contributed by atoms with E-state index in [1.165, 1.54) is 11.2 Å². The summed E-state index contributed by atoms with van der Waals surface area (Å²) in [5.74, 6) is -0.588. The number of nitrogens with zero attached hydrogens (tertiary/aromatic N) is 3. The number of nitrogens with one attached hydrogen (secondary N) is 2. The molecule has 1 aromatic rings. The number of rotatable bonds is 7. The first-order valence-electron chi connectivity index (χ1n) is 6.06. The lowest BCUT2D eigenvalue weighted by Crippen LogP contribution is -2.37. The first-order valence-corrected chi connectivity index (χ1v) is 6.06. The highest BCUT2D eigenvalue weighted by Crippen LogP contribution is 2.04. The van der Waals surface area contributed by atoms with Gasteiger partial charge in [-0.05, 0) is 12.8 Å². The van der Waals surface area contributed by atoms with E-state index in [2.05, 4.69) is 20.5 Å². The molecule has 1 aromatic heterocycles. The molecule has 0 aliphatic carbocycles. The number of urea groups is 1. The zero-order valence-corrected chi connectivity index (χ0v) is 11.1. The zero-order chi connectivity index (χ0) is 14.3. The second-order valence-corrected chi connectivity index (χ2v) is 4.40. The van der Waals surface area contributed by atoms with Gasteiger partial charge in [0, 0.05) is 13.6 Å². The molecule has 0 bridgehead atoms. The van der Waals surface area contributed by atoms with Gasteiger partial charge in [0.25, 0.3) is 0 Å². The minimum atomic E-state index is -0.811. The molecule has 1 unspecified atom stereocenters. The quantitative estimate of drug-likeness (QED) is 0.622. The summed E-state index contributed by atoms with van der Waals surface area (Å²) in [6.45, 7) is 2.45.